The van der Waals surface area contributed by atoms with Crippen molar-refractivity contribution in [1.82, 2.24) is 5.32 Å². The summed E-state index contributed by atoms with van der Waals surface area (Å²) in [5.41, 5.74) is -1.48. The molecule has 1 amide bonds. The predicted molar refractivity (Wildman–Crippen MR) is 77.9 cm³/mol. The molecule has 0 heterocycles. The van der Waals surface area contributed by atoms with Gasteiger partial charge < -0.3 is 15.2 Å². The van der Waals surface area contributed by atoms with Gasteiger partial charge in [0.2, 0.25) is 0 Å². The van der Waals surface area contributed by atoms with E-state index in [1.165, 1.54) is 18.2 Å². The minimum Gasteiger partial charge on any atom is -0.493 e. The van der Waals surface area contributed by atoms with Crippen LogP contribution in [0.15, 0.2) is 24.3 Å². The van der Waals surface area contributed by atoms with Crippen molar-refractivity contribution in [2.45, 2.75) is 38.2 Å². The number of hydrogen-bond acceptors (Lipinski definition) is 3. The van der Waals surface area contributed by atoms with E-state index in [4.69, 9.17) is 4.74 Å². The summed E-state index contributed by atoms with van der Waals surface area (Å²) >= 11 is 0. The highest BCUT2D eigenvalue weighted by atomic mass is 19.3. The van der Waals surface area contributed by atoms with Gasteiger partial charge in [0.05, 0.1) is 24.3 Å². The Labute approximate surface area is 128 Å². The van der Waals surface area contributed by atoms with Gasteiger partial charge in [-0.1, -0.05) is 12.1 Å². The van der Waals surface area contributed by atoms with Crippen LogP contribution in [0.2, 0.25) is 0 Å². The van der Waals surface area contributed by atoms with Crippen LogP contribution in [0.5, 0.6) is 5.75 Å². The molecule has 0 aromatic heterocycles. The van der Waals surface area contributed by atoms with Crippen LogP contribution < -0.4 is 10.1 Å². The van der Waals surface area contributed by atoms with E-state index in [1.54, 1.807) is 19.9 Å². The van der Waals surface area contributed by atoms with E-state index in [9.17, 15) is 18.7 Å². The number of aliphatic hydroxyl groups is 1. The monoisotopic (exact) mass is 313 g/mol. The van der Waals surface area contributed by atoms with Gasteiger partial charge in [-0.05, 0) is 44.7 Å². The third-order valence-corrected chi connectivity index (χ3v) is 4.02. The molecule has 0 spiro atoms. The molecule has 2 N–H and O–H groups in total. The van der Waals surface area contributed by atoms with Gasteiger partial charge in [0.1, 0.15) is 5.75 Å². The van der Waals surface area contributed by atoms with Crippen molar-refractivity contribution in [3.8, 4) is 5.75 Å². The fourth-order valence-corrected chi connectivity index (χ4v) is 2.46. The van der Waals surface area contributed by atoms with E-state index in [-0.39, 0.29) is 24.9 Å². The number of amides is 1. The number of carbonyl (C=O) groups excluding carboxylic acids is 1. The number of aliphatic hydroxyl groups excluding tert-OH is 1. The number of halogens is 2. The zero-order valence-electron chi connectivity index (χ0n) is 12.7. The number of carbonyl (C=O) groups is 1. The molecule has 1 aliphatic rings. The summed E-state index contributed by atoms with van der Waals surface area (Å²) in [7, 11) is 0. The molecule has 1 aromatic carbocycles. The molecule has 22 heavy (non-hydrogen) atoms. The molecule has 0 saturated heterocycles. The summed E-state index contributed by atoms with van der Waals surface area (Å²) in [6, 6.07) is 5.60. The molecule has 1 fully saturated rings. The van der Waals surface area contributed by atoms with Gasteiger partial charge >= 0.3 is 5.92 Å². The Kier molecular flexibility index (Phi) is 4.70. The summed E-state index contributed by atoms with van der Waals surface area (Å²) < 4.78 is 34.2. The fourth-order valence-electron chi connectivity index (χ4n) is 2.46. The molecular formula is C16H21F2NO3. The van der Waals surface area contributed by atoms with E-state index >= 15 is 0 Å². The summed E-state index contributed by atoms with van der Waals surface area (Å²) in [4.78, 5) is 12.1. The van der Waals surface area contributed by atoms with E-state index in [1.807, 2.05) is 0 Å². The molecule has 1 unspecified atom stereocenters. The van der Waals surface area contributed by atoms with Crippen molar-refractivity contribution in [2.75, 3.05) is 13.2 Å². The van der Waals surface area contributed by atoms with Gasteiger partial charge in [0.25, 0.3) is 5.91 Å². The molecular weight excluding hydrogens is 292 g/mol. The molecule has 0 bridgehead atoms. The van der Waals surface area contributed by atoms with E-state index < -0.39 is 22.9 Å². The number of nitrogens with one attached hydrogen (secondary N) is 1. The molecule has 2 rings (SSSR count). The highest BCUT2D eigenvalue weighted by molar-refractivity contribution is 5.86. The third kappa shape index (κ3) is 3.21. The summed E-state index contributed by atoms with van der Waals surface area (Å²) in [5.74, 6) is -5.11. The van der Waals surface area contributed by atoms with Crippen LogP contribution in [-0.2, 0) is 10.7 Å². The topological polar surface area (TPSA) is 58.6 Å². The average Bonchev–Trinajstić information content (AvgIpc) is 3.33. The number of ether oxygens (including phenoxy) is 1. The lowest BCUT2D eigenvalue weighted by atomic mass is 9.95. The lowest BCUT2D eigenvalue weighted by molar-refractivity contribution is -0.150. The van der Waals surface area contributed by atoms with Crippen LogP contribution in [0.3, 0.4) is 0 Å². The summed E-state index contributed by atoms with van der Waals surface area (Å²) in [6.45, 7) is 3.13. The fraction of sp³-hybridized carbons (Fsp3) is 0.562. The quantitative estimate of drug-likeness (QED) is 0.813. The lowest BCUT2D eigenvalue weighted by Crippen LogP contribution is -2.54. The minimum absolute atomic E-state index is 0.0118. The van der Waals surface area contributed by atoms with Crippen LogP contribution in [-0.4, -0.2) is 29.8 Å². The number of hydrogen-bond donors (Lipinski definition) is 2. The summed E-state index contributed by atoms with van der Waals surface area (Å²) in [5, 5.41) is 11.8. The van der Waals surface area contributed by atoms with Gasteiger partial charge in [-0.2, -0.15) is 8.78 Å². The van der Waals surface area contributed by atoms with Crippen molar-refractivity contribution in [3.05, 3.63) is 29.8 Å². The van der Waals surface area contributed by atoms with Gasteiger partial charge in [0, 0.05) is 0 Å². The number of alkyl halides is 2. The molecule has 6 heteroatoms. The molecule has 1 aromatic rings. The average molecular weight is 313 g/mol. The first-order chi connectivity index (χ1) is 10.3. The van der Waals surface area contributed by atoms with Crippen LogP contribution in [0.1, 0.15) is 32.3 Å². The van der Waals surface area contributed by atoms with Crippen LogP contribution in [0, 0.1) is 5.92 Å². The van der Waals surface area contributed by atoms with Crippen molar-refractivity contribution < 1.29 is 23.4 Å². The minimum atomic E-state index is -3.73. The Hall–Kier alpha value is -1.69. The molecule has 0 aliphatic heterocycles. The van der Waals surface area contributed by atoms with Crippen LogP contribution in [0.4, 0.5) is 8.78 Å². The Morgan fingerprint density at radius 3 is 2.59 bits per heavy atom. The van der Waals surface area contributed by atoms with Gasteiger partial charge in [-0.3, -0.25) is 4.79 Å². The maximum atomic E-state index is 14.5. The molecule has 122 valence electrons. The Balaban J connectivity index is 2.23. The Morgan fingerprint density at radius 2 is 2.05 bits per heavy atom. The number of rotatable bonds is 7. The van der Waals surface area contributed by atoms with E-state index in [0.29, 0.717) is 0 Å². The Bertz CT molecular complexity index is 546. The third-order valence-electron chi connectivity index (χ3n) is 4.02. The molecule has 4 nitrogen and oxygen atoms in total. The first-order valence-electron chi connectivity index (χ1n) is 7.38. The highest BCUT2D eigenvalue weighted by Crippen LogP contribution is 2.41. The largest absolute Gasteiger partial charge is 0.493 e. The SMILES string of the molecule is CCOc1ccccc1C(F)(F)C(=O)NC(C)(CO)C1CC1. The number of para-hydroxylation sites is 1. The first-order valence-corrected chi connectivity index (χ1v) is 7.38. The van der Waals surface area contributed by atoms with Gasteiger partial charge in [0.15, 0.2) is 0 Å². The van der Waals surface area contributed by atoms with Crippen LogP contribution in [0.25, 0.3) is 0 Å². The standard InChI is InChI=1S/C16H21F2NO3/c1-3-22-13-7-5-4-6-12(13)16(17,18)14(21)19-15(2,10-20)11-8-9-11/h4-7,11,20H,3,8-10H2,1-2H3,(H,19,21). The second-order valence-corrected chi connectivity index (χ2v) is 5.81. The van der Waals surface area contributed by atoms with Crippen molar-refractivity contribution in [1.29, 1.82) is 0 Å². The first kappa shape index (κ1) is 16.7. The smallest absolute Gasteiger partial charge is 0.353 e. The van der Waals surface area contributed by atoms with Crippen LogP contribution >= 0.6 is 0 Å². The van der Waals surface area contributed by atoms with E-state index in [2.05, 4.69) is 5.32 Å². The predicted octanol–water partition coefficient (Wildman–Crippen LogP) is 2.45. The lowest BCUT2D eigenvalue weighted by Gasteiger charge is -2.31. The zero-order chi connectivity index (χ0) is 16.4. The second kappa shape index (κ2) is 6.20. The van der Waals surface area contributed by atoms with Gasteiger partial charge in [-0.25, -0.2) is 0 Å². The molecule has 0 radical (unpaired) electrons. The van der Waals surface area contributed by atoms with E-state index in [0.717, 1.165) is 12.8 Å². The number of benzene rings is 1. The Morgan fingerprint density at radius 1 is 1.41 bits per heavy atom. The molecule has 1 atom stereocenters. The van der Waals surface area contributed by atoms with Crippen molar-refractivity contribution in [2.24, 2.45) is 5.92 Å². The van der Waals surface area contributed by atoms with Crippen molar-refractivity contribution in [3.63, 3.8) is 0 Å². The normalized spacial score (nSPS) is 17.7. The maximum Gasteiger partial charge on any atom is 0.353 e. The maximum absolute atomic E-state index is 14.5. The molecule has 1 aliphatic carbocycles. The molecule has 1 saturated carbocycles. The summed E-state index contributed by atoms with van der Waals surface area (Å²) in [6.07, 6.45) is 1.64. The van der Waals surface area contributed by atoms with Crippen molar-refractivity contribution >= 4 is 5.91 Å². The second-order valence-electron chi connectivity index (χ2n) is 5.81. The zero-order valence-corrected chi connectivity index (χ0v) is 12.7. The highest BCUT2D eigenvalue weighted by Gasteiger charge is 2.49. The van der Waals surface area contributed by atoms with Gasteiger partial charge in [-0.15, -0.1) is 0 Å².